The molecule has 6 nitrogen and oxygen atoms in total. The zero-order chi connectivity index (χ0) is 15.4. The third-order valence-electron chi connectivity index (χ3n) is 2.44. The van der Waals surface area contributed by atoms with Crippen LogP contribution in [0.1, 0.15) is 6.92 Å². The lowest BCUT2D eigenvalue weighted by Gasteiger charge is -2.13. The van der Waals surface area contributed by atoms with Crippen LogP contribution in [0.15, 0.2) is 30.3 Å². The van der Waals surface area contributed by atoms with Gasteiger partial charge in [-0.2, -0.15) is 4.98 Å². The molecule has 2 aromatic rings. The van der Waals surface area contributed by atoms with Crippen molar-refractivity contribution in [3.8, 4) is 11.6 Å². The topological polar surface area (TPSA) is 89.3 Å². The maximum atomic E-state index is 11.2. The number of amides is 1. The Labute approximate surface area is 131 Å². The zero-order valence-corrected chi connectivity index (χ0v) is 12.5. The third kappa shape index (κ3) is 3.75. The van der Waals surface area contributed by atoms with Crippen molar-refractivity contribution in [2.45, 2.75) is 6.92 Å². The first kappa shape index (κ1) is 15.4. The number of benzene rings is 1. The molecule has 0 spiro atoms. The molecule has 1 aromatic heterocycles. The molecule has 21 heavy (non-hydrogen) atoms. The molecule has 0 aliphatic heterocycles. The minimum absolute atomic E-state index is 0.117. The molecule has 1 amide bonds. The van der Waals surface area contributed by atoms with Crippen molar-refractivity contribution in [3.05, 3.63) is 40.4 Å². The summed E-state index contributed by atoms with van der Waals surface area (Å²) in [5.74, 6) is 5.83. The molecule has 0 unspecified atom stereocenters. The molecule has 0 saturated heterocycles. The number of para-hydroxylation sites is 2. The fourth-order valence-electron chi connectivity index (χ4n) is 1.58. The van der Waals surface area contributed by atoms with E-state index in [1.165, 1.54) is 13.0 Å². The predicted molar refractivity (Wildman–Crippen MR) is 82.9 cm³/mol. The Bertz CT molecular complexity index is 679. The normalized spacial score (nSPS) is 10.1. The summed E-state index contributed by atoms with van der Waals surface area (Å²) in [4.78, 5) is 15.2. The number of halogens is 2. The maximum absolute atomic E-state index is 11.2. The monoisotopic (exact) mass is 326 g/mol. The minimum atomic E-state index is -0.217. The van der Waals surface area contributed by atoms with Crippen molar-refractivity contribution < 1.29 is 9.53 Å². The number of rotatable bonds is 4. The van der Waals surface area contributed by atoms with E-state index in [0.29, 0.717) is 11.4 Å². The fourth-order valence-corrected chi connectivity index (χ4v) is 2.03. The van der Waals surface area contributed by atoms with Gasteiger partial charge in [0.15, 0.2) is 11.6 Å². The highest BCUT2D eigenvalue weighted by molar-refractivity contribution is 6.36. The number of anilines is 2. The first-order valence-electron chi connectivity index (χ1n) is 5.88. The predicted octanol–water partition coefficient (Wildman–Crippen LogP) is 3.42. The van der Waals surface area contributed by atoms with Gasteiger partial charge in [-0.05, 0) is 18.2 Å². The number of nitrogen functional groups attached to an aromatic ring is 1. The maximum Gasteiger partial charge on any atom is 0.240 e. The highest BCUT2D eigenvalue weighted by Crippen LogP contribution is 2.35. The highest BCUT2D eigenvalue weighted by atomic mass is 35.5. The van der Waals surface area contributed by atoms with E-state index in [1.54, 1.807) is 24.3 Å². The SMILES string of the molecule is CC(=O)Nc1ccccc1Oc1nc(NN)c(Cl)cc1Cl. The first-order chi connectivity index (χ1) is 10.0. The van der Waals surface area contributed by atoms with Gasteiger partial charge in [-0.25, -0.2) is 5.84 Å². The minimum Gasteiger partial charge on any atom is -0.435 e. The Kier molecular flexibility index (Phi) is 4.85. The molecule has 0 bridgehead atoms. The second-order valence-electron chi connectivity index (χ2n) is 4.03. The van der Waals surface area contributed by atoms with Gasteiger partial charge in [0.05, 0.1) is 10.7 Å². The number of carbonyl (C=O) groups excluding carboxylic acids is 1. The van der Waals surface area contributed by atoms with E-state index in [9.17, 15) is 4.79 Å². The molecule has 0 aliphatic rings. The van der Waals surface area contributed by atoms with Gasteiger partial charge in [-0.1, -0.05) is 35.3 Å². The quantitative estimate of drug-likeness (QED) is 0.591. The molecule has 0 atom stereocenters. The molecule has 8 heteroatoms. The van der Waals surface area contributed by atoms with Crippen molar-refractivity contribution in [2.75, 3.05) is 10.7 Å². The summed E-state index contributed by atoms with van der Waals surface area (Å²) < 4.78 is 5.63. The smallest absolute Gasteiger partial charge is 0.240 e. The van der Waals surface area contributed by atoms with Crippen LogP contribution >= 0.6 is 23.2 Å². The number of ether oxygens (including phenoxy) is 1. The van der Waals surface area contributed by atoms with Crippen molar-refractivity contribution >= 4 is 40.6 Å². The molecular weight excluding hydrogens is 315 g/mol. The van der Waals surface area contributed by atoms with E-state index in [-0.39, 0.29) is 27.7 Å². The number of carbonyl (C=O) groups is 1. The Hall–Kier alpha value is -2.02. The number of hydrazine groups is 1. The Morgan fingerprint density at radius 3 is 2.67 bits per heavy atom. The van der Waals surface area contributed by atoms with Gasteiger partial charge < -0.3 is 15.5 Å². The van der Waals surface area contributed by atoms with Crippen LogP contribution in [0.2, 0.25) is 10.0 Å². The molecule has 0 aliphatic carbocycles. The van der Waals surface area contributed by atoms with Crippen LogP contribution in [0, 0.1) is 0 Å². The molecule has 0 saturated carbocycles. The molecule has 0 radical (unpaired) electrons. The average molecular weight is 327 g/mol. The van der Waals surface area contributed by atoms with E-state index in [4.69, 9.17) is 33.8 Å². The fraction of sp³-hybridized carbons (Fsp3) is 0.0769. The van der Waals surface area contributed by atoms with E-state index in [0.717, 1.165) is 0 Å². The standard InChI is InChI=1S/C13H12Cl2N4O2/c1-7(20)17-10-4-2-3-5-11(10)21-13-9(15)6-8(14)12(18-13)19-16/h2-6H,16H2,1H3,(H,17,20)(H,18,19). The number of nitrogens with one attached hydrogen (secondary N) is 2. The number of nitrogens with zero attached hydrogens (tertiary/aromatic N) is 1. The van der Waals surface area contributed by atoms with Crippen molar-refractivity contribution in [3.63, 3.8) is 0 Å². The second kappa shape index (κ2) is 6.62. The van der Waals surface area contributed by atoms with Crippen LogP contribution in [0.5, 0.6) is 11.6 Å². The Balaban J connectivity index is 2.36. The molecule has 1 heterocycles. The molecular formula is C13H12Cl2N4O2. The van der Waals surface area contributed by atoms with Gasteiger partial charge in [-0.3, -0.25) is 4.79 Å². The third-order valence-corrected chi connectivity index (χ3v) is 3.00. The van der Waals surface area contributed by atoms with Crippen LogP contribution in [0.25, 0.3) is 0 Å². The van der Waals surface area contributed by atoms with Crippen molar-refractivity contribution in [1.29, 1.82) is 0 Å². The largest absolute Gasteiger partial charge is 0.435 e. The molecule has 2 rings (SSSR count). The molecule has 110 valence electrons. The Morgan fingerprint density at radius 1 is 1.29 bits per heavy atom. The van der Waals surface area contributed by atoms with Crippen LogP contribution in [-0.2, 0) is 4.79 Å². The highest BCUT2D eigenvalue weighted by Gasteiger charge is 2.13. The van der Waals surface area contributed by atoms with E-state index in [2.05, 4.69) is 15.7 Å². The summed E-state index contributed by atoms with van der Waals surface area (Å²) in [6.07, 6.45) is 0. The lowest BCUT2D eigenvalue weighted by molar-refractivity contribution is -0.114. The second-order valence-corrected chi connectivity index (χ2v) is 4.84. The number of hydrogen-bond acceptors (Lipinski definition) is 5. The lowest BCUT2D eigenvalue weighted by Crippen LogP contribution is -2.10. The van der Waals surface area contributed by atoms with Gasteiger partial charge in [0.1, 0.15) is 5.02 Å². The molecule has 1 aromatic carbocycles. The van der Waals surface area contributed by atoms with E-state index < -0.39 is 0 Å². The summed E-state index contributed by atoms with van der Waals surface area (Å²) in [5.41, 5.74) is 2.84. The van der Waals surface area contributed by atoms with Gasteiger partial charge in [0.25, 0.3) is 0 Å². The van der Waals surface area contributed by atoms with Crippen LogP contribution < -0.4 is 21.3 Å². The summed E-state index contributed by atoms with van der Waals surface area (Å²) in [7, 11) is 0. The van der Waals surface area contributed by atoms with Crippen molar-refractivity contribution in [1.82, 2.24) is 4.98 Å². The van der Waals surface area contributed by atoms with Crippen LogP contribution in [0.3, 0.4) is 0 Å². The van der Waals surface area contributed by atoms with E-state index in [1.807, 2.05) is 0 Å². The van der Waals surface area contributed by atoms with E-state index >= 15 is 0 Å². The number of pyridine rings is 1. The zero-order valence-electron chi connectivity index (χ0n) is 11.0. The van der Waals surface area contributed by atoms with Gasteiger partial charge in [0.2, 0.25) is 11.8 Å². The summed E-state index contributed by atoms with van der Waals surface area (Å²) in [6, 6.07) is 8.35. The number of hydrogen-bond donors (Lipinski definition) is 3. The van der Waals surface area contributed by atoms with Gasteiger partial charge >= 0.3 is 0 Å². The number of nitrogens with two attached hydrogens (primary N) is 1. The Morgan fingerprint density at radius 2 is 2.00 bits per heavy atom. The molecule has 4 N–H and O–H groups in total. The molecule has 0 fully saturated rings. The summed E-state index contributed by atoms with van der Waals surface area (Å²) >= 11 is 11.9. The summed E-state index contributed by atoms with van der Waals surface area (Å²) in [6.45, 7) is 1.40. The van der Waals surface area contributed by atoms with Gasteiger partial charge in [0, 0.05) is 6.92 Å². The number of aromatic nitrogens is 1. The van der Waals surface area contributed by atoms with Gasteiger partial charge in [-0.15, -0.1) is 0 Å². The lowest BCUT2D eigenvalue weighted by atomic mass is 10.3. The average Bonchev–Trinajstić information content (AvgIpc) is 2.43. The van der Waals surface area contributed by atoms with Crippen molar-refractivity contribution in [2.24, 2.45) is 5.84 Å². The van der Waals surface area contributed by atoms with Crippen LogP contribution in [0.4, 0.5) is 11.5 Å². The van der Waals surface area contributed by atoms with Crippen LogP contribution in [-0.4, -0.2) is 10.9 Å². The summed E-state index contributed by atoms with van der Waals surface area (Å²) in [5, 5.41) is 3.14. The first-order valence-corrected chi connectivity index (χ1v) is 6.64.